The zero-order valence-electron chi connectivity index (χ0n) is 23.2. The number of nitrogen functional groups attached to an aromatic ring is 1. The molecule has 1 aliphatic heterocycles. The number of nitrogens with two attached hydrogens (primary N) is 1. The van der Waals surface area contributed by atoms with Crippen LogP contribution < -0.4 is 20.1 Å². The predicted molar refractivity (Wildman–Crippen MR) is 149 cm³/mol. The molecular weight excluding hydrogens is 557 g/mol. The highest BCUT2D eigenvalue weighted by Gasteiger charge is 2.55. The van der Waals surface area contributed by atoms with Gasteiger partial charge in [0.1, 0.15) is 29.5 Å². The molecule has 0 bridgehead atoms. The molecule has 1 unspecified atom stereocenters. The molecule has 222 valence electrons. The lowest BCUT2D eigenvalue weighted by molar-refractivity contribution is -0.145. The van der Waals surface area contributed by atoms with Crippen LogP contribution in [0, 0.1) is 0 Å². The number of rotatable bonds is 13. The van der Waals surface area contributed by atoms with Gasteiger partial charge in [0.2, 0.25) is 11.8 Å². The summed E-state index contributed by atoms with van der Waals surface area (Å²) in [6, 6.07) is 7.27. The first-order chi connectivity index (χ1) is 19.5. The molecule has 1 fully saturated rings. The maximum Gasteiger partial charge on any atom is 0.459 e. The molecule has 1 aliphatic rings. The Labute approximate surface area is 236 Å². The Morgan fingerprint density at radius 3 is 2.76 bits per heavy atom. The first-order valence-corrected chi connectivity index (χ1v) is 14.4. The smallest absolute Gasteiger partial charge is 0.459 e. The summed E-state index contributed by atoms with van der Waals surface area (Å²) in [5.74, 6) is -0.289. The Morgan fingerprint density at radius 1 is 1.37 bits per heavy atom. The second kappa shape index (κ2) is 12.5. The average molecular weight is 592 g/mol. The van der Waals surface area contributed by atoms with Gasteiger partial charge in [-0.15, -0.1) is 0 Å². The van der Waals surface area contributed by atoms with Crippen molar-refractivity contribution in [3.8, 4) is 11.6 Å². The van der Waals surface area contributed by atoms with Gasteiger partial charge in [-0.2, -0.15) is 15.1 Å². The van der Waals surface area contributed by atoms with Crippen LogP contribution in [0.1, 0.15) is 33.4 Å². The van der Waals surface area contributed by atoms with Gasteiger partial charge in [0.05, 0.1) is 26.7 Å². The highest BCUT2D eigenvalue weighted by atomic mass is 31.2. The summed E-state index contributed by atoms with van der Waals surface area (Å²) in [6.45, 7) is 8.41. The fourth-order valence-corrected chi connectivity index (χ4v) is 5.77. The van der Waals surface area contributed by atoms with Gasteiger partial charge < -0.3 is 29.6 Å². The SMILES string of the molecule is C=N[C@]1(C)[C@H](O)[C@@H](COP(=O)(N[C@@H](C)C(=O)OCCC)Oc2ccccc2)O[C@H]1n1cnc2c(OC)nc(N)nc21. The highest BCUT2D eigenvalue weighted by Crippen LogP contribution is 2.48. The Hall–Kier alpha value is -3.62. The van der Waals surface area contributed by atoms with Crippen LogP contribution >= 0.6 is 7.75 Å². The minimum absolute atomic E-state index is 0.0561. The van der Waals surface area contributed by atoms with E-state index in [1.165, 1.54) is 24.9 Å². The molecule has 0 amide bonds. The number of esters is 1. The number of hydrogen-bond donors (Lipinski definition) is 3. The number of carbonyl (C=O) groups is 1. The van der Waals surface area contributed by atoms with Crippen molar-refractivity contribution in [2.75, 3.05) is 26.1 Å². The fraction of sp³-hybridized carbons (Fsp3) is 0.480. The second-order valence-electron chi connectivity index (χ2n) is 9.49. The van der Waals surface area contributed by atoms with Crippen molar-refractivity contribution in [3.63, 3.8) is 0 Å². The van der Waals surface area contributed by atoms with Crippen molar-refractivity contribution < 1.29 is 37.7 Å². The number of nitrogens with one attached hydrogen (secondary N) is 1. The van der Waals surface area contributed by atoms with Crippen molar-refractivity contribution >= 4 is 37.5 Å². The Bertz CT molecular complexity index is 1420. The van der Waals surface area contributed by atoms with Crippen LogP contribution in [0.15, 0.2) is 41.7 Å². The van der Waals surface area contributed by atoms with Crippen molar-refractivity contribution in [2.24, 2.45) is 4.99 Å². The molecule has 41 heavy (non-hydrogen) atoms. The number of aliphatic imine (C=N–C) groups is 1. The normalized spacial score (nSPS) is 24.5. The molecule has 0 radical (unpaired) electrons. The van der Waals surface area contributed by atoms with Gasteiger partial charge in [0, 0.05) is 0 Å². The lowest BCUT2D eigenvalue weighted by Crippen LogP contribution is -2.43. The lowest BCUT2D eigenvalue weighted by atomic mass is 9.93. The average Bonchev–Trinajstić information content (AvgIpc) is 3.48. The molecule has 3 heterocycles. The van der Waals surface area contributed by atoms with Crippen molar-refractivity contribution in [3.05, 3.63) is 36.7 Å². The number of aliphatic hydroxyl groups excluding tert-OH is 1. The van der Waals surface area contributed by atoms with Gasteiger partial charge in [-0.25, -0.2) is 9.55 Å². The van der Waals surface area contributed by atoms with Gasteiger partial charge in [-0.1, -0.05) is 25.1 Å². The maximum atomic E-state index is 13.9. The number of carbonyl (C=O) groups excluding carboxylic acids is 1. The zero-order valence-corrected chi connectivity index (χ0v) is 24.1. The second-order valence-corrected chi connectivity index (χ2v) is 11.2. The van der Waals surface area contributed by atoms with Gasteiger partial charge in [0.15, 0.2) is 17.4 Å². The van der Waals surface area contributed by atoms with E-state index in [0.717, 1.165) is 0 Å². The molecule has 6 atom stereocenters. The number of para-hydroxylation sites is 1. The summed E-state index contributed by atoms with van der Waals surface area (Å²) >= 11 is 0. The zero-order chi connectivity index (χ0) is 29.8. The number of imidazole rings is 1. The molecule has 0 saturated carbocycles. The number of fused-ring (bicyclic) bond motifs is 1. The van der Waals surface area contributed by atoms with Gasteiger partial charge >= 0.3 is 13.7 Å². The van der Waals surface area contributed by atoms with E-state index >= 15 is 0 Å². The van der Waals surface area contributed by atoms with E-state index in [0.29, 0.717) is 11.9 Å². The van der Waals surface area contributed by atoms with E-state index in [1.54, 1.807) is 37.3 Å². The quantitative estimate of drug-likeness (QED) is 0.149. The van der Waals surface area contributed by atoms with E-state index in [9.17, 15) is 14.5 Å². The number of hydrogen-bond acceptors (Lipinski definition) is 13. The fourth-order valence-electron chi connectivity index (χ4n) is 4.27. The molecule has 3 aromatic rings. The third-order valence-corrected chi connectivity index (χ3v) is 8.12. The van der Waals surface area contributed by atoms with Crippen LogP contribution in [0.3, 0.4) is 0 Å². The van der Waals surface area contributed by atoms with E-state index in [1.807, 2.05) is 6.92 Å². The first kappa shape index (κ1) is 30.3. The van der Waals surface area contributed by atoms with E-state index in [-0.39, 0.29) is 29.8 Å². The molecule has 0 aliphatic carbocycles. The third kappa shape index (κ3) is 6.34. The van der Waals surface area contributed by atoms with Crippen LogP contribution in [0.25, 0.3) is 11.2 Å². The number of ether oxygens (including phenoxy) is 3. The summed E-state index contributed by atoms with van der Waals surface area (Å²) in [5, 5.41) is 13.9. The van der Waals surface area contributed by atoms with Crippen LogP contribution in [-0.2, 0) is 23.4 Å². The van der Waals surface area contributed by atoms with Crippen LogP contribution in [-0.4, -0.2) is 81.4 Å². The Balaban J connectivity index is 1.58. The summed E-state index contributed by atoms with van der Waals surface area (Å²) in [5.41, 5.74) is 5.14. The number of aromatic nitrogens is 4. The summed E-state index contributed by atoms with van der Waals surface area (Å²) in [4.78, 5) is 29.1. The molecule has 15 nitrogen and oxygen atoms in total. The summed E-state index contributed by atoms with van der Waals surface area (Å²) < 4.78 is 43.4. The van der Waals surface area contributed by atoms with Crippen LogP contribution in [0.5, 0.6) is 11.6 Å². The largest absolute Gasteiger partial charge is 0.479 e. The monoisotopic (exact) mass is 591 g/mol. The molecule has 4 N–H and O–H groups in total. The highest BCUT2D eigenvalue weighted by molar-refractivity contribution is 7.52. The number of anilines is 1. The number of benzene rings is 1. The minimum Gasteiger partial charge on any atom is -0.479 e. The predicted octanol–water partition coefficient (Wildman–Crippen LogP) is 2.27. The van der Waals surface area contributed by atoms with Gasteiger partial charge in [0.25, 0.3) is 0 Å². The molecular formula is C25H34N7O8P. The minimum atomic E-state index is -4.21. The number of methoxy groups -OCH3 is 1. The van der Waals surface area contributed by atoms with E-state index < -0.39 is 50.3 Å². The molecule has 1 aromatic carbocycles. The first-order valence-electron chi connectivity index (χ1n) is 12.8. The van der Waals surface area contributed by atoms with Crippen LogP contribution in [0.2, 0.25) is 0 Å². The van der Waals surface area contributed by atoms with Crippen molar-refractivity contribution in [1.82, 2.24) is 24.6 Å². The summed E-state index contributed by atoms with van der Waals surface area (Å²) in [6.07, 6.45) is -1.26. The van der Waals surface area contributed by atoms with Crippen LogP contribution in [0.4, 0.5) is 5.95 Å². The molecule has 4 rings (SSSR count). The number of nitrogens with zero attached hydrogens (tertiary/aromatic N) is 5. The Kier molecular flexibility index (Phi) is 9.24. The molecule has 0 spiro atoms. The molecule has 16 heteroatoms. The van der Waals surface area contributed by atoms with Crippen molar-refractivity contribution in [2.45, 2.75) is 57.2 Å². The number of aliphatic hydroxyl groups is 1. The Morgan fingerprint density at radius 2 is 2.10 bits per heavy atom. The standard InChI is InChI=1S/C25H34N7O8P/c1-6-12-37-22(34)15(2)31-41(35,40-16-10-8-7-9-11-16)38-13-17-19(33)25(3,27-4)23(39-17)32-14-28-18-20(32)29-24(26)30-21(18)36-5/h7-11,14-15,17,19,23,33H,4,6,12-13H2,1-3,5H3,(H,31,35)(H2,26,29,30)/t15-,17+,19+,23+,25+,41?/m0/s1. The third-order valence-electron chi connectivity index (χ3n) is 6.48. The van der Waals surface area contributed by atoms with E-state index in [4.69, 9.17) is 29.0 Å². The van der Waals surface area contributed by atoms with E-state index in [2.05, 4.69) is 31.7 Å². The maximum absolute atomic E-state index is 13.9. The molecule has 1 saturated heterocycles. The lowest BCUT2D eigenvalue weighted by Gasteiger charge is -2.28. The van der Waals surface area contributed by atoms with Gasteiger partial charge in [-0.3, -0.25) is 18.9 Å². The van der Waals surface area contributed by atoms with Crippen molar-refractivity contribution in [1.29, 1.82) is 0 Å². The topological polar surface area (TPSA) is 195 Å². The summed E-state index contributed by atoms with van der Waals surface area (Å²) in [7, 11) is -2.79. The molecule has 2 aromatic heterocycles. The van der Waals surface area contributed by atoms with Gasteiger partial charge in [-0.05, 0) is 39.1 Å².